The number of aromatic nitrogens is 2. The van der Waals surface area contributed by atoms with E-state index < -0.39 is 0 Å². The van der Waals surface area contributed by atoms with Crippen LogP contribution in [0.4, 0.5) is 17.2 Å². The minimum atomic E-state index is -0.00846. The molecular weight excluding hydrogens is 338 g/mol. The van der Waals surface area contributed by atoms with Crippen molar-refractivity contribution in [2.24, 2.45) is 0 Å². The van der Waals surface area contributed by atoms with E-state index in [0.29, 0.717) is 23.4 Å². The highest BCUT2D eigenvalue weighted by molar-refractivity contribution is 5.64. The maximum Gasteiger partial charge on any atom is 0.263 e. The summed E-state index contributed by atoms with van der Waals surface area (Å²) in [6, 6.07) is 13.9. The molecule has 1 fully saturated rings. The van der Waals surface area contributed by atoms with Crippen LogP contribution < -0.4 is 15.8 Å². The van der Waals surface area contributed by atoms with Crippen molar-refractivity contribution >= 4 is 22.8 Å². The number of nitrogens with zero attached hydrogens (tertiary/aromatic N) is 4. The second-order valence-corrected chi connectivity index (χ2v) is 6.99. The molecule has 27 heavy (non-hydrogen) atoms. The van der Waals surface area contributed by atoms with Crippen LogP contribution in [0, 0.1) is 0 Å². The SMILES string of the molecule is CCc1c(Nc2ccccc2)nc2cc(N3CCN(C)CC3)ccn2c1=O. The topological polar surface area (TPSA) is 52.9 Å². The normalized spacial score (nSPS) is 15.3. The van der Waals surface area contributed by atoms with Gasteiger partial charge in [-0.3, -0.25) is 9.20 Å². The third-order valence-corrected chi connectivity index (χ3v) is 5.17. The molecule has 0 radical (unpaired) electrons. The van der Waals surface area contributed by atoms with E-state index in [1.807, 2.05) is 55.6 Å². The van der Waals surface area contributed by atoms with Crippen LogP contribution in [-0.4, -0.2) is 47.5 Å². The number of pyridine rings is 1. The summed E-state index contributed by atoms with van der Waals surface area (Å²) in [5.41, 5.74) is 3.41. The van der Waals surface area contributed by atoms with Gasteiger partial charge in [0, 0.05) is 49.8 Å². The first-order valence-electron chi connectivity index (χ1n) is 9.46. The average Bonchev–Trinajstić information content (AvgIpc) is 2.69. The molecule has 0 bridgehead atoms. The lowest BCUT2D eigenvalue weighted by atomic mass is 10.2. The van der Waals surface area contributed by atoms with E-state index >= 15 is 0 Å². The van der Waals surface area contributed by atoms with Crippen molar-refractivity contribution in [2.75, 3.05) is 43.4 Å². The monoisotopic (exact) mass is 363 g/mol. The van der Waals surface area contributed by atoms with Gasteiger partial charge >= 0.3 is 0 Å². The van der Waals surface area contributed by atoms with Gasteiger partial charge in [0.2, 0.25) is 0 Å². The number of piperazine rings is 1. The van der Waals surface area contributed by atoms with Gasteiger partial charge in [-0.25, -0.2) is 4.98 Å². The molecule has 0 unspecified atom stereocenters. The number of hydrogen-bond donors (Lipinski definition) is 1. The summed E-state index contributed by atoms with van der Waals surface area (Å²) < 4.78 is 1.65. The predicted molar refractivity (Wildman–Crippen MR) is 110 cm³/mol. The number of hydrogen-bond acceptors (Lipinski definition) is 5. The van der Waals surface area contributed by atoms with Gasteiger partial charge in [-0.05, 0) is 31.7 Å². The van der Waals surface area contributed by atoms with Crippen LogP contribution in [0.25, 0.3) is 5.65 Å². The zero-order valence-corrected chi connectivity index (χ0v) is 15.9. The summed E-state index contributed by atoms with van der Waals surface area (Å²) in [5, 5.41) is 3.32. The first-order valence-corrected chi connectivity index (χ1v) is 9.46. The Morgan fingerprint density at radius 1 is 1.07 bits per heavy atom. The third kappa shape index (κ3) is 3.53. The van der Waals surface area contributed by atoms with Crippen LogP contribution in [-0.2, 0) is 6.42 Å². The number of fused-ring (bicyclic) bond motifs is 1. The molecule has 1 aliphatic heterocycles. The van der Waals surface area contributed by atoms with Crippen molar-refractivity contribution in [3.05, 3.63) is 64.6 Å². The van der Waals surface area contributed by atoms with Gasteiger partial charge in [-0.15, -0.1) is 0 Å². The molecule has 0 saturated carbocycles. The van der Waals surface area contributed by atoms with E-state index in [1.54, 1.807) is 4.40 Å². The molecule has 6 heteroatoms. The number of nitrogens with one attached hydrogen (secondary N) is 1. The van der Waals surface area contributed by atoms with Crippen molar-refractivity contribution in [1.82, 2.24) is 14.3 Å². The number of anilines is 3. The molecular formula is C21H25N5O. The zero-order valence-electron chi connectivity index (χ0n) is 15.9. The van der Waals surface area contributed by atoms with Crippen molar-refractivity contribution in [1.29, 1.82) is 0 Å². The maximum atomic E-state index is 13.0. The van der Waals surface area contributed by atoms with E-state index in [9.17, 15) is 4.79 Å². The summed E-state index contributed by atoms with van der Waals surface area (Å²) in [6.45, 7) is 6.04. The summed E-state index contributed by atoms with van der Waals surface area (Å²) >= 11 is 0. The van der Waals surface area contributed by atoms with Crippen LogP contribution in [0.1, 0.15) is 12.5 Å². The minimum absolute atomic E-state index is 0.00846. The van der Waals surface area contributed by atoms with Crippen LogP contribution in [0.2, 0.25) is 0 Å². The molecule has 1 aromatic carbocycles. The number of likely N-dealkylation sites (N-methyl/N-ethyl adjacent to an activating group) is 1. The minimum Gasteiger partial charge on any atom is -0.369 e. The van der Waals surface area contributed by atoms with Gasteiger partial charge in [-0.1, -0.05) is 25.1 Å². The fourth-order valence-electron chi connectivity index (χ4n) is 3.51. The van der Waals surface area contributed by atoms with Crippen molar-refractivity contribution in [2.45, 2.75) is 13.3 Å². The Kier molecular flexibility index (Phi) is 4.81. The molecule has 140 valence electrons. The lowest BCUT2D eigenvalue weighted by Gasteiger charge is -2.34. The Bertz CT molecular complexity index is 991. The second-order valence-electron chi connectivity index (χ2n) is 6.99. The highest BCUT2D eigenvalue weighted by Crippen LogP contribution is 2.21. The first kappa shape index (κ1) is 17.5. The van der Waals surface area contributed by atoms with Crippen molar-refractivity contribution in [3.63, 3.8) is 0 Å². The van der Waals surface area contributed by atoms with Gasteiger partial charge in [-0.2, -0.15) is 0 Å². The van der Waals surface area contributed by atoms with E-state index in [4.69, 9.17) is 4.98 Å². The van der Waals surface area contributed by atoms with Crippen LogP contribution in [0.5, 0.6) is 0 Å². The van der Waals surface area contributed by atoms with E-state index in [2.05, 4.69) is 22.2 Å². The molecule has 0 amide bonds. The Labute approximate surface area is 159 Å². The lowest BCUT2D eigenvalue weighted by molar-refractivity contribution is 0.313. The maximum absolute atomic E-state index is 13.0. The molecule has 1 saturated heterocycles. The Hall–Kier alpha value is -2.86. The van der Waals surface area contributed by atoms with E-state index in [-0.39, 0.29) is 5.56 Å². The molecule has 1 aliphatic rings. The smallest absolute Gasteiger partial charge is 0.263 e. The van der Waals surface area contributed by atoms with Crippen LogP contribution in [0.15, 0.2) is 53.5 Å². The molecule has 4 rings (SSSR count). The fraction of sp³-hybridized carbons (Fsp3) is 0.333. The molecule has 1 N–H and O–H groups in total. The molecule has 3 aromatic rings. The first-order chi connectivity index (χ1) is 13.2. The van der Waals surface area contributed by atoms with Gasteiger partial charge < -0.3 is 15.1 Å². The quantitative estimate of drug-likeness (QED) is 0.772. The summed E-state index contributed by atoms with van der Waals surface area (Å²) in [5.74, 6) is 0.643. The number of rotatable bonds is 4. The lowest BCUT2D eigenvalue weighted by Crippen LogP contribution is -2.44. The molecule has 2 aromatic heterocycles. The van der Waals surface area contributed by atoms with Gasteiger partial charge in [0.15, 0.2) is 0 Å². The fourth-order valence-corrected chi connectivity index (χ4v) is 3.51. The van der Waals surface area contributed by atoms with E-state index in [1.165, 1.54) is 0 Å². The Morgan fingerprint density at radius 3 is 2.52 bits per heavy atom. The number of para-hydroxylation sites is 1. The Balaban J connectivity index is 1.75. The summed E-state index contributed by atoms with van der Waals surface area (Å²) in [6.07, 6.45) is 2.48. The van der Waals surface area contributed by atoms with E-state index in [0.717, 1.165) is 37.6 Å². The van der Waals surface area contributed by atoms with Crippen LogP contribution >= 0.6 is 0 Å². The standard InChI is InChI=1S/C21H25N5O/c1-3-18-20(22-16-7-5-4-6-8-16)23-19-15-17(9-10-26(19)21(18)27)25-13-11-24(2)12-14-25/h4-10,15,22H,3,11-14H2,1-2H3. The Morgan fingerprint density at radius 2 is 1.81 bits per heavy atom. The zero-order chi connectivity index (χ0) is 18.8. The molecule has 0 spiro atoms. The van der Waals surface area contributed by atoms with Gasteiger partial charge in [0.25, 0.3) is 5.56 Å². The van der Waals surface area contributed by atoms with Gasteiger partial charge in [0.05, 0.1) is 5.56 Å². The van der Waals surface area contributed by atoms with Crippen molar-refractivity contribution < 1.29 is 0 Å². The summed E-state index contributed by atoms with van der Waals surface area (Å²) in [7, 11) is 2.15. The molecule has 0 atom stereocenters. The number of benzene rings is 1. The molecule has 0 aliphatic carbocycles. The van der Waals surface area contributed by atoms with Crippen molar-refractivity contribution in [3.8, 4) is 0 Å². The predicted octanol–water partition coefficient (Wildman–Crippen LogP) is 2.75. The largest absolute Gasteiger partial charge is 0.369 e. The van der Waals surface area contributed by atoms with Gasteiger partial charge in [0.1, 0.15) is 11.5 Å². The van der Waals surface area contributed by atoms with Crippen LogP contribution in [0.3, 0.4) is 0 Å². The molecule has 3 heterocycles. The third-order valence-electron chi connectivity index (χ3n) is 5.17. The highest BCUT2D eigenvalue weighted by atomic mass is 16.1. The molecule has 6 nitrogen and oxygen atoms in total. The summed E-state index contributed by atoms with van der Waals surface area (Å²) in [4.78, 5) is 22.4. The second kappa shape index (κ2) is 7.40. The highest BCUT2D eigenvalue weighted by Gasteiger charge is 2.16. The average molecular weight is 363 g/mol.